The highest BCUT2D eigenvalue weighted by molar-refractivity contribution is 7.99. The lowest BCUT2D eigenvalue weighted by atomic mass is 10.3. The summed E-state index contributed by atoms with van der Waals surface area (Å²) in [6.07, 6.45) is 3.82. The van der Waals surface area contributed by atoms with Crippen molar-refractivity contribution < 1.29 is 4.74 Å². The van der Waals surface area contributed by atoms with Gasteiger partial charge in [0.15, 0.2) is 5.16 Å². The Morgan fingerprint density at radius 3 is 2.84 bits per heavy atom. The van der Waals surface area contributed by atoms with E-state index >= 15 is 0 Å². The molecular weight excluding hydrogens is 256 g/mol. The van der Waals surface area contributed by atoms with Crippen molar-refractivity contribution in [1.29, 1.82) is 0 Å². The smallest absolute Gasteiger partial charge is 0.168 e. The van der Waals surface area contributed by atoms with Crippen molar-refractivity contribution in [3.63, 3.8) is 0 Å². The molecule has 19 heavy (non-hydrogen) atoms. The molecular formula is C15H22N2OS. The highest BCUT2D eigenvalue weighted by Crippen LogP contribution is 2.26. The van der Waals surface area contributed by atoms with E-state index in [4.69, 9.17) is 9.72 Å². The molecule has 0 N–H and O–H groups in total. The summed E-state index contributed by atoms with van der Waals surface area (Å²) in [5.74, 6) is 2.04. The van der Waals surface area contributed by atoms with Crippen molar-refractivity contribution in [3.8, 4) is 5.75 Å². The van der Waals surface area contributed by atoms with Crippen molar-refractivity contribution in [2.75, 3.05) is 12.4 Å². The van der Waals surface area contributed by atoms with Crippen LogP contribution in [-0.4, -0.2) is 21.9 Å². The third kappa shape index (κ3) is 3.44. The van der Waals surface area contributed by atoms with E-state index in [1.165, 1.54) is 24.8 Å². The molecule has 0 aliphatic heterocycles. The molecule has 2 aromatic rings. The molecule has 0 radical (unpaired) electrons. The Morgan fingerprint density at radius 2 is 2.11 bits per heavy atom. The molecule has 3 nitrogen and oxygen atoms in total. The van der Waals surface area contributed by atoms with Gasteiger partial charge >= 0.3 is 0 Å². The van der Waals surface area contributed by atoms with E-state index in [1.807, 2.05) is 30.8 Å². The van der Waals surface area contributed by atoms with Gasteiger partial charge in [-0.15, -0.1) is 0 Å². The highest BCUT2D eigenvalue weighted by atomic mass is 32.2. The van der Waals surface area contributed by atoms with Gasteiger partial charge in [0.2, 0.25) is 0 Å². The van der Waals surface area contributed by atoms with Gasteiger partial charge in [-0.2, -0.15) is 0 Å². The van der Waals surface area contributed by atoms with Crippen LogP contribution in [0.15, 0.2) is 23.4 Å². The fraction of sp³-hybridized carbons (Fsp3) is 0.533. The van der Waals surface area contributed by atoms with Gasteiger partial charge < -0.3 is 9.30 Å². The van der Waals surface area contributed by atoms with Gasteiger partial charge in [0.1, 0.15) is 5.75 Å². The molecule has 0 bridgehead atoms. The van der Waals surface area contributed by atoms with Crippen LogP contribution in [0.2, 0.25) is 0 Å². The number of unbranched alkanes of at least 4 members (excludes halogenated alkanes) is 2. The zero-order chi connectivity index (χ0) is 13.7. The second kappa shape index (κ2) is 6.85. The lowest BCUT2D eigenvalue weighted by Crippen LogP contribution is -1.92. The third-order valence-corrected chi connectivity index (χ3v) is 4.22. The fourth-order valence-corrected chi connectivity index (χ4v) is 3.04. The normalized spacial score (nSPS) is 11.1. The second-order valence-electron chi connectivity index (χ2n) is 4.59. The molecule has 0 fully saturated rings. The quantitative estimate of drug-likeness (QED) is 0.559. The van der Waals surface area contributed by atoms with Crippen LogP contribution < -0.4 is 4.74 Å². The van der Waals surface area contributed by atoms with E-state index in [1.54, 1.807) is 0 Å². The number of hydrogen-bond acceptors (Lipinski definition) is 3. The summed E-state index contributed by atoms with van der Waals surface area (Å²) < 4.78 is 7.69. The Labute approximate surface area is 119 Å². The number of rotatable bonds is 7. The SMILES string of the molecule is CCCCCSc1nc2cc(OCC)ccc2n1C. The molecule has 0 saturated heterocycles. The average Bonchev–Trinajstić information content (AvgIpc) is 2.72. The molecule has 0 atom stereocenters. The Hall–Kier alpha value is -1.16. The predicted octanol–water partition coefficient (Wildman–Crippen LogP) is 4.25. The Kier molecular flexibility index (Phi) is 5.14. The van der Waals surface area contributed by atoms with E-state index in [2.05, 4.69) is 24.6 Å². The van der Waals surface area contributed by atoms with Crippen molar-refractivity contribution in [3.05, 3.63) is 18.2 Å². The zero-order valence-electron chi connectivity index (χ0n) is 12.0. The standard InChI is InChI=1S/C15H22N2OS/c1-4-6-7-10-19-15-16-13-11-12(18-5-2)8-9-14(13)17(15)3/h8-9,11H,4-7,10H2,1-3H3. The lowest BCUT2D eigenvalue weighted by molar-refractivity contribution is 0.340. The van der Waals surface area contributed by atoms with E-state index in [0.717, 1.165) is 22.2 Å². The van der Waals surface area contributed by atoms with Crippen molar-refractivity contribution >= 4 is 22.8 Å². The van der Waals surface area contributed by atoms with Crippen LogP contribution >= 0.6 is 11.8 Å². The Bertz CT molecular complexity index is 536. The molecule has 2 rings (SSSR count). The molecule has 0 amide bonds. The molecule has 1 aromatic carbocycles. The third-order valence-electron chi connectivity index (χ3n) is 3.10. The van der Waals surface area contributed by atoms with E-state index in [0.29, 0.717) is 6.61 Å². The largest absolute Gasteiger partial charge is 0.494 e. The van der Waals surface area contributed by atoms with E-state index < -0.39 is 0 Å². The van der Waals surface area contributed by atoms with Crippen LogP contribution in [0.4, 0.5) is 0 Å². The minimum atomic E-state index is 0.691. The molecule has 0 aliphatic carbocycles. The maximum absolute atomic E-state index is 5.52. The molecule has 0 saturated carbocycles. The van der Waals surface area contributed by atoms with Gasteiger partial charge in [0.05, 0.1) is 17.6 Å². The van der Waals surface area contributed by atoms with Gasteiger partial charge in [-0.05, 0) is 25.5 Å². The van der Waals surface area contributed by atoms with Gasteiger partial charge in [0, 0.05) is 18.9 Å². The number of aryl methyl sites for hydroxylation is 1. The number of nitrogens with zero attached hydrogens (tertiary/aromatic N) is 2. The van der Waals surface area contributed by atoms with Crippen LogP contribution in [0.5, 0.6) is 5.75 Å². The molecule has 0 spiro atoms. The number of imidazole rings is 1. The first-order chi connectivity index (χ1) is 9.26. The molecule has 1 heterocycles. The van der Waals surface area contributed by atoms with E-state index in [-0.39, 0.29) is 0 Å². The van der Waals surface area contributed by atoms with Crippen LogP contribution in [0.3, 0.4) is 0 Å². The highest BCUT2D eigenvalue weighted by Gasteiger charge is 2.08. The summed E-state index contributed by atoms with van der Waals surface area (Å²) in [5, 5.41) is 1.10. The minimum absolute atomic E-state index is 0.691. The zero-order valence-corrected chi connectivity index (χ0v) is 12.8. The monoisotopic (exact) mass is 278 g/mol. The summed E-state index contributed by atoms with van der Waals surface area (Å²) in [4.78, 5) is 4.70. The summed E-state index contributed by atoms with van der Waals surface area (Å²) in [6, 6.07) is 6.12. The van der Waals surface area contributed by atoms with Crippen molar-refractivity contribution in [1.82, 2.24) is 9.55 Å². The number of hydrogen-bond donors (Lipinski definition) is 0. The first kappa shape index (κ1) is 14.3. The average molecular weight is 278 g/mol. The minimum Gasteiger partial charge on any atom is -0.494 e. The Morgan fingerprint density at radius 1 is 1.26 bits per heavy atom. The maximum atomic E-state index is 5.52. The maximum Gasteiger partial charge on any atom is 0.168 e. The predicted molar refractivity (Wildman–Crippen MR) is 82.1 cm³/mol. The van der Waals surface area contributed by atoms with Gasteiger partial charge in [-0.3, -0.25) is 0 Å². The number of aromatic nitrogens is 2. The van der Waals surface area contributed by atoms with Crippen molar-refractivity contribution in [2.45, 2.75) is 38.3 Å². The molecule has 4 heteroatoms. The number of benzene rings is 1. The van der Waals surface area contributed by atoms with Gasteiger partial charge in [-0.25, -0.2) is 4.98 Å². The first-order valence-electron chi connectivity index (χ1n) is 6.98. The summed E-state index contributed by atoms with van der Waals surface area (Å²) in [5.41, 5.74) is 2.19. The summed E-state index contributed by atoms with van der Waals surface area (Å²) >= 11 is 1.84. The van der Waals surface area contributed by atoms with Crippen LogP contribution in [-0.2, 0) is 7.05 Å². The summed E-state index contributed by atoms with van der Waals surface area (Å²) in [7, 11) is 2.08. The van der Waals surface area contributed by atoms with Crippen LogP contribution in [0.25, 0.3) is 11.0 Å². The van der Waals surface area contributed by atoms with E-state index in [9.17, 15) is 0 Å². The topological polar surface area (TPSA) is 27.1 Å². The van der Waals surface area contributed by atoms with Gasteiger partial charge in [-0.1, -0.05) is 31.5 Å². The number of ether oxygens (including phenoxy) is 1. The molecule has 1 aromatic heterocycles. The second-order valence-corrected chi connectivity index (χ2v) is 5.65. The molecule has 104 valence electrons. The molecule has 0 unspecified atom stereocenters. The molecule has 0 aliphatic rings. The first-order valence-corrected chi connectivity index (χ1v) is 7.97. The van der Waals surface area contributed by atoms with Gasteiger partial charge in [0.25, 0.3) is 0 Å². The van der Waals surface area contributed by atoms with Crippen molar-refractivity contribution in [2.24, 2.45) is 7.05 Å². The fourth-order valence-electron chi connectivity index (χ4n) is 2.06. The number of thioether (sulfide) groups is 1. The number of fused-ring (bicyclic) bond motifs is 1. The lowest BCUT2D eigenvalue weighted by Gasteiger charge is -2.03. The summed E-state index contributed by atoms with van der Waals surface area (Å²) in [6.45, 7) is 4.92. The van der Waals surface area contributed by atoms with Crippen LogP contribution in [0.1, 0.15) is 33.1 Å². The Balaban J connectivity index is 2.14. The van der Waals surface area contributed by atoms with Crippen LogP contribution in [0, 0.1) is 0 Å².